The highest BCUT2D eigenvalue weighted by Crippen LogP contribution is 2.44. The molecule has 0 fully saturated rings. The Morgan fingerprint density at radius 1 is 1.47 bits per heavy atom. The highest BCUT2D eigenvalue weighted by molar-refractivity contribution is 9.10. The van der Waals surface area contributed by atoms with Gasteiger partial charge in [-0.15, -0.1) is 0 Å². The maximum atomic E-state index is 14.2. The predicted molar refractivity (Wildman–Crippen MR) is 70.9 cm³/mol. The molecule has 19 heavy (non-hydrogen) atoms. The molecular weight excluding hydrogens is 322 g/mol. The fourth-order valence-corrected chi connectivity index (χ4v) is 2.48. The van der Waals surface area contributed by atoms with Gasteiger partial charge in [0.05, 0.1) is 19.1 Å². The fraction of sp³-hybridized carbons (Fsp3) is 0.462. The topological polar surface area (TPSA) is 46.5 Å². The lowest BCUT2D eigenvalue weighted by molar-refractivity contribution is -0.139. The van der Waals surface area contributed by atoms with Crippen LogP contribution in [0.15, 0.2) is 10.5 Å². The van der Waals surface area contributed by atoms with Crippen LogP contribution in [-0.4, -0.2) is 18.2 Å². The number of carboxylic acids is 1. The number of benzene rings is 1. The van der Waals surface area contributed by atoms with Gasteiger partial charge in [-0.1, -0.05) is 15.9 Å². The number of alkyl halides is 2. The number of rotatable bonds is 5. The average molecular weight is 337 g/mol. The third kappa shape index (κ3) is 3.43. The molecule has 0 atom stereocenters. The van der Waals surface area contributed by atoms with Gasteiger partial charge in [0.25, 0.3) is 5.92 Å². The van der Waals surface area contributed by atoms with Crippen molar-refractivity contribution in [2.75, 3.05) is 7.11 Å². The molecule has 0 radical (unpaired) electrons. The number of halogens is 3. The van der Waals surface area contributed by atoms with E-state index in [9.17, 15) is 13.6 Å². The smallest absolute Gasteiger partial charge is 0.303 e. The zero-order valence-electron chi connectivity index (χ0n) is 10.9. The molecule has 106 valence electrons. The molecule has 0 aromatic heterocycles. The number of methoxy groups -OCH3 is 1. The Labute approximate surface area is 118 Å². The first-order valence-corrected chi connectivity index (χ1v) is 6.43. The molecule has 1 aromatic carbocycles. The molecule has 0 unspecified atom stereocenters. The van der Waals surface area contributed by atoms with E-state index in [1.165, 1.54) is 7.11 Å². The van der Waals surface area contributed by atoms with Crippen LogP contribution >= 0.6 is 15.9 Å². The molecule has 0 bridgehead atoms. The average Bonchev–Trinajstić information content (AvgIpc) is 2.30. The molecule has 0 aliphatic rings. The minimum Gasteiger partial charge on any atom is -0.496 e. The standard InChI is InChI=1S/C13H15BrF2O3/c1-7-6-9(14)8(2)11(12(7)19-3)13(15,16)5-4-10(17)18/h6H,4-5H2,1-3H3,(H,17,18). The first kappa shape index (κ1) is 15.9. The molecule has 0 aliphatic heterocycles. The van der Waals surface area contributed by atoms with Crippen LogP contribution in [0.5, 0.6) is 5.75 Å². The maximum Gasteiger partial charge on any atom is 0.303 e. The lowest BCUT2D eigenvalue weighted by Gasteiger charge is -2.23. The summed E-state index contributed by atoms with van der Waals surface area (Å²) in [6.45, 7) is 3.22. The normalized spacial score (nSPS) is 11.5. The summed E-state index contributed by atoms with van der Waals surface area (Å²) in [6.07, 6.45) is -1.35. The van der Waals surface area contributed by atoms with E-state index in [2.05, 4.69) is 15.9 Å². The van der Waals surface area contributed by atoms with Gasteiger partial charge >= 0.3 is 5.97 Å². The number of carbonyl (C=O) groups is 1. The van der Waals surface area contributed by atoms with Gasteiger partial charge in [0.1, 0.15) is 5.75 Å². The van der Waals surface area contributed by atoms with Gasteiger partial charge in [-0.2, -0.15) is 0 Å². The number of aryl methyl sites for hydroxylation is 1. The number of ether oxygens (including phenoxy) is 1. The van der Waals surface area contributed by atoms with E-state index < -0.39 is 24.7 Å². The van der Waals surface area contributed by atoms with E-state index in [-0.39, 0.29) is 11.3 Å². The van der Waals surface area contributed by atoms with E-state index in [4.69, 9.17) is 9.84 Å². The van der Waals surface area contributed by atoms with Crippen LogP contribution in [0.4, 0.5) is 8.78 Å². The van der Waals surface area contributed by atoms with Gasteiger partial charge in [-0.25, -0.2) is 8.78 Å². The van der Waals surface area contributed by atoms with Crippen molar-refractivity contribution in [1.82, 2.24) is 0 Å². The Balaban J connectivity index is 3.34. The van der Waals surface area contributed by atoms with Crippen molar-refractivity contribution in [1.29, 1.82) is 0 Å². The molecular formula is C13H15BrF2O3. The van der Waals surface area contributed by atoms with Gasteiger partial charge in [0.15, 0.2) is 0 Å². The zero-order valence-corrected chi connectivity index (χ0v) is 12.5. The Kier molecular flexibility index (Phi) is 4.90. The molecule has 0 saturated carbocycles. The Hall–Kier alpha value is -1.17. The summed E-state index contributed by atoms with van der Waals surface area (Å²) in [4.78, 5) is 10.5. The molecule has 1 rings (SSSR count). The number of carboxylic acid groups (broad SMARTS) is 1. The van der Waals surface area contributed by atoms with Gasteiger partial charge < -0.3 is 9.84 Å². The van der Waals surface area contributed by atoms with Gasteiger partial charge in [-0.05, 0) is 31.0 Å². The second-order valence-corrected chi connectivity index (χ2v) is 5.16. The van der Waals surface area contributed by atoms with Gasteiger partial charge in [0, 0.05) is 10.9 Å². The molecule has 1 aromatic rings. The molecule has 1 N–H and O–H groups in total. The third-order valence-corrected chi connectivity index (χ3v) is 3.71. The van der Waals surface area contributed by atoms with Crippen LogP contribution in [0.1, 0.15) is 29.5 Å². The van der Waals surface area contributed by atoms with E-state index in [0.29, 0.717) is 15.6 Å². The van der Waals surface area contributed by atoms with Crippen molar-refractivity contribution in [3.05, 3.63) is 27.2 Å². The summed E-state index contributed by atoms with van der Waals surface area (Å²) < 4.78 is 34.0. The van der Waals surface area contributed by atoms with Crippen molar-refractivity contribution in [3.63, 3.8) is 0 Å². The van der Waals surface area contributed by atoms with E-state index in [1.54, 1.807) is 19.9 Å². The van der Waals surface area contributed by atoms with Gasteiger partial charge in [0.2, 0.25) is 0 Å². The molecule has 0 heterocycles. The van der Waals surface area contributed by atoms with Crippen LogP contribution in [0.3, 0.4) is 0 Å². The zero-order chi connectivity index (χ0) is 14.8. The second-order valence-electron chi connectivity index (χ2n) is 4.31. The fourth-order valence-electron chi connectivity index (χ4n) is 1.94. The molecule has 6 heteroatoms. The van der Waals surface area contributed by atoms with Crippen molar-refractivity contribution in [2.45, 2.75) is 32.6 Å². The van der Waals surface area contributed by atoms with Gasteiger partial charge in [-0.3, -0.25) is 4.79 Å². The molecule has 0 spiro atoms. The Morgan fingerprint density at radius 3 is 2.53 bits per heavy atom. The largest absolute Gasteiger partial charge is 0.496 e. The third-order valence-electron chi connectivity index (χ3n) is 2.88. The number of aliphatic carboxylic acids is 1. The lowest BCUT2D eigenvalue weighted by Crippen LogP contribution is -2.19. The highest BCUT2D eigenvalue weighted by atomic mass is 79.9. The van der Waals surface area contributed by atoms with Crippen LogP contribution in [0.2, 0.25) is 0 Å². The van der Waals surface area contributed by atoms with Crippen molar-refractivity contribution >= 4 is 21.9 Å². The second kappa shape index (κ2) is 5.86. The first-order valence-electron chi connectivity index (χ1n) is 5.64. The predicted octanol–water partition coefficient (Wildman–Crippen LogP) is 4.03. The van der Waals surface area contributed by atoms with Crippen LogP contribution in [0.25, 0.3) is 0 Å². The minimum absolute atomic E-state index is 0.107. The number of hydrogen-bond acceptors (Lipinski definition) is 2. The van der Waals surface area contributed by atoms with Crippen LogP contribution in [-0.2, 0) is 10.7 Å². The summed E-state index contributed by atoms with van der Waals surface area (Å²) in [7, 11) is 1.33. The summed E-state index contributed by atoms with van der Waals surface area (Å²) in [5.74, 6) is -4.39. The summed E-state index contributed by atoms with van der Waals surface area (Å²) in [5.41, 5.74) is 0.686. The maximum absolute atomic E-state index is 14.2. The summed E-state index contributed by atoms with van der Waals surface area (Å²) in [5, 5.41) is 8.55. The first-order chi connectivity index (χ1) is 8.70. The van der Waals surface area contributed by atoms with E-state index >= 15 is 0 Å². The minimum atomic E-state index is -3.25. The Morgan fingerprint density at radius 2 is 2.05 bits per heavy atom. The van der Waals surface area contributed by atoms with Crippen molar-refractivity contribution in [2.24, 2.45) is 0 Å². The van der Waals surface area contributed by atoms with Crippen LogP contribution < -0.4 is 4.74 Å². The van der Waals surface area contributed by atoms with Crippen LogP contribution in [0, 0.1) is 13.8 Å². The van der Waals surface area contributed by atoms with E-state index in [1.807, 2.05) is 0 Å². The molecule has 0 aliphatic carbocycles. The SMILES string of the molecule is COc1c(C)cc(Br)c(C)c1C(F)(F)CCC(=O)O. The Bertz CT molecular complexity index is 501. The van der Waals surface area contributed by atoms with E-state index in [0.717, 1.165) is 0 Å². The summed E-state index contributed by atoms with van der Waals surface area (Å²) in [6, 6.07) is 1.70. The van der Waals surface area contributed by atoms with Crippen molar-refractivity contribution in [3.8, 4) is 5.75 Å². The summed E-state index contributed by atoms with van der Waals surface area (Å²) >= 11 is 3.23. The molecule has 0 saturated heterocycles. The highest BCUT2D eigenvalue weighted by Gasteiger charge is 2.38. The molecule has 3 nitrogen and oxygen atoms in total. The lowest BCUT2D eigenvalue weighted by atomic mass is 9.95. The monoisotopic (exact) mass is 336 g/mol. The van der Waals surface area contributed by atoms with Crippen molar-refractivity contribution < 1.29 is 23.4 Å². The number of hydrogen-bond donors (Lipinski definition) is 1. The quantitative estimate of drug-likeness (QED) is 0.882. The molecule has 0 amide bonds.